The first-order chi connectivity index (χ1) is 13.1. The fourth-order valence-electron chi connectivity index (χ4n) is 5.05. The number of nitrogens with zero attached hydrogens (tertiary/aromatic N) is 1. The highest BCUT2D eigenvalue weighted by molar-refractivity contribution is 5.83. The third kappa shape index (κ3) is 3.24. The highest BCUT2D eigenvalue weighted by atomic mass is 16.7. The van der Waals surface area contributed by atoms with Crippen molar-refractivity contribution in [3.63, 3.8) is 0 Å². The van der Waals surface area contributed by atoms with Gasteiger partial charge in [0.15, 0.2) is 0 Å². The van der Waals surface area contributed by atoms with Crippen LogP contribution in [0.4, 0.5) is 0 Å². The van der Waals surface area contributed by atoms with Gasteiger partial charge in [-0.2, -0.15) is 0 Å². The molecule has 2 bridgehead atoms. The van der Waals surface area contributed by atoms with Gasteiger partial charge in [0.05, 0.1) is 19.1 Å². The number of carbonyl (C=O) groups excluding carboxylic acids is 1. The van der Waals surface area contributed by atoms with Gasteiger partial charge in [-0.3, -0.25) is 9.69 Å². The number of methoxy groups -OCH3 is 2. The molecule has 0 N–H and O–H groups in total. The zero-order valence-electron chi connectivity index (χ0n) is 16.1. The van der Waals surface area contributed by atoms with E-state index in [9.17, 15) is 4.79 Å². The van der Waals surface area contributed by atoms with Gasteiger partial charge in [-0.05, 0) is 36.2 Å². The summed E-state index contributed by atoms with van der Waals surface area (Å²) in [4.78, 5) is 15.1. The van der Waals surface area contributed by atoms with E-state index in [0.717, 1.165) is 12.8 Å². The minimum atomic E-state index is -0.248. The van der Waals surface area contributed by atoms with Crippen LogP contribution < -0.4 is 0 Å². The standard InChI is InChI=1S/C22H27NO4/c1-23-17-11-18(16-9-8-14-6-4-5-7-15(14)10-16)20(22(24)26-3)21(23)19(12-17)27-13-25-2/h4-10,17-21H,11-13H2,1-3H3/t17-,18-,19-,20+,21-/m1/s1. The van der Waals surface area contributed by atoms with Gasteiger partial charge in [0.25, 0.3) is 0 Å². The van der Waals surface area contributed by atoms with Gasteiger partial charge < -0.3 is 14.2 Å². The molecule has 2 aromatic carbocycles. The van der Waals surface area contributed by atoms with Crippen LogP contribution in [0, 0.1) is 5.92 Å². The maximum absolute atomic E-state index is 12.8. The lowest BCUT2D eigenvalue weighted by Gasteiger charge is -2.42. The molecule has 0 aromatic heterocycles. The van der Waals surface area contributed by atoms with Gasteiger partial charge in [-0.1, -0.05) is 42.5 Å². The van der Waals surface area contributed by atoms with Crippen LogP contribution in [0.15, 0.2) is 42.5 Å². The number of hydrogen-bond acceptors (Lipinski definition) is 5. The molecule has 5 heteroatoms. The molecule has 5 atom stereocenters. The summed E-state index contributed by atoms with van der Waals surface area (Å²) in [5, 5.41) is 2.42. The SMILES string of the molecule is COCO[C@@H]1C[C@H]2C[C@H](c3ccc4ccccc4c3)[C@H](C(=O)OC)[C@@H]1N2C. The molecule has 5 nitrogen and oxygen atoms in total. The molecule has 4 rings (SSSR count). The lowest BCUT2D eigenvalue weighted by atomic mass is 9.75. The normalized spacial score (nSPS) is 30.6. The molecular formula is C22H27NO4. The summed E-state index contributed by atoms with van der Waals surface area (Å²) in [7, 11) is 5.20. The summed E-state index contributed by atoms with van der Waals surface area (Å²) < 4.78 is 16.3. The van der Waals surface area contributed by atoms with Crippen molar-refractivity contribution in [3.8, 4) is 0 Å². The number of ether oxygens (including phenoxy) is 3. The number of fused-ring (bicyclic) bond motifs is 3. The molecule has 0 spiro atoms. The Kier molecular flexibility index (Phi) is 5.17. The van der Waals surface area contributed by atoms with Crippen LogP contribution in [0.1, 0.15) is 24.3 Å². The number of hydrogen-bond donors (Lipinski definition) is 0. The largest absolute Gasteiger partial charge is 0.469 e. The predicted molar refractivity (Wildman–Crippen MR) is 104 cm³/mol. The lowest BCUT2D eigenvalue weighted by Crippen LogP contribution is -2.52. The summed E-state index contributed by atoms with van der Waals surface area (Å²) in [6.45, 7) is 0.246. The molecule has 2 aliphatic rings. The van der Waals surface area contributed by atoms with Crippen LogP contribution in [-0.4, -0.2) is 57.1 Å². The van der Waals surface area contributed by atoms with Crippen LogP contribution in [0.2, 0.25) is 0 Å². The van der Waals surface area contributed by atoms with E-state index in [0.29, 0.717) is 6.04 Å². The Hall–Kier alpha value is -1.95. The van der Waals surface area contributed by atoms with E-state index < -0.39 is 0 Å². The molecule has 27 heavy (non-hydrogen) atoms. The van der Waals surface area contributed by atoms with Crippen LogP contribution in [0.25, 0.3) is 10.8 Å². The topological polar surface area (TPSA) is 48.0 Å². The Morgan fingerprint density at radius 2 is 1.89 bits per heavy atom. The Balaban J connectivity index is 1.71. The molecule has 2 saturated heterocycles. The van der Waals surface area contributed by atoms with E-state index in [1.165, 1.54) is 23.4 Å². The average molecular weight is 369 g/mol. The Bertz CT molecular complexity index is 823. The first-order valence-corrected chi connectivity index (χ1v) is 9.53. The molecule has 0 aliphatic carbocycles. The number of esters is 1. The molecule has 0 radical (unpaired) electrons. The van der Waals surface area contributed by atoms with Gasteiger partial charge >= 0.3 is 5.97 Å². The van der Waals surface area contributed by atoms with Gasteiger partial charge in [0.2, 0.25) is 0 Å². The highest BCUT2D eigenvalue weighted by Gasteiger charge is 2.54. The zero-order valence-corrected chi connectivity index (χ0v) is 16.1. The van der Waals surface area contributed by atoms with Crippen molar-refractivity contribution >= 4 is 16.7 Å². The van der Waals surface area contributed by atoms with Crippen molar-refractivity contribution in [1.29, 1.82) is 0 Å². The maximum atomic E-state index is 12.8. The molecule has 144 valence electrons. The van der Waals surface area contributed by atoms with E-state index >= 15 is 0 Å². The predicted octanol–water partition coefficient (Wildman–Crippen LogP) is 3.18. The lowest BCUT2D eigenvalue weighted by molar-refractivity contribution is -0.154. The third-order valence-corrected chi connectivity index (χ3v) is 6.33. The molecule has 0 amide bonds. The van der Waals surface area contributed by atoms with Gasteiger partial charge in [0.1, 0.15) is 6.79 Å². The first-order valence-electron chi connectivity index (χ1n) is 9.53. The van der Waals surface area contributed by atoms with Crippen molar-refractivity contribution in [2.75, 3.05) is 28.1 Å². The van der Waals surface area contributed by atoms with Crippen molar-refractivity contribution < 1.29 is 19.0 Å². The molecule has 2 heterocycles. The van der Waals surface area contributed by atoms with E-state index in [-0.39, 0.29) is 36.7 Å². The first kappa shape index (κ1) is 18.4. The van der Waals surface area contributed by atoms with Crippen LogP contribution in [0.5, 0.6) is 0 Å². The van der Waals surface area contributed by atoms with Crippen LogP contribution in [-0.2, 0) is 19.0 Å². The quantitative estimate of drug-likeness (QED) is 0.598. The van der Waals surface area contributed by atoms with Crippen LogP contribution >= 0.6 is 0 Å². The molecular weight excluding hydrogens is 342 g/mol. The smallest absolute Gasteiger partial charge is 0.310 e. The van der Waals surface area contributed by atoms with Crippen molar-refractivity contribution in [2.24, 2.45) is 5.92 Å². The minimum absolute atomic E-state index is 0.00261. The molecule has 0 unspecified atom stereocenters. The van der Waals surface area contributed by atoms with E-state index in [2.05, 4.69) is 48.3 Å². The van der Waals surface area contributed by atoms with Crippen molar-refractivity contribution in [2.45, 2.75) is 36.9 Å². The molecule has 2 aliphatic heterocycles. The molecule has 2 fully saturated rings. The fraction of sp³-hybridized carbons (Fsp3) is 0.500. The summed E-state index contributed by atoms with van der Waals surface area (Å²) in [6.07, 6.45) is 1.83. The minimum Gasteiger partial charge on any atom is -0.469 e. The second kappa shape index (κ2) is 7.58. The fourth-order valence-corrected chi connectivity index (χ4v) is 5.05. The summed E-state index contributed by atoms with van der Waals surface area (Å²) in [5.41, 5.74) is 1.21. The van der Waals surface area contributed by atoms with E-state index in [1.807, 2.05) is 6.07 Å². The van der Waals surface area contributed by atoms with Gasteiger partial charge in [-0.15, -0.1) is 0 Å². The number of carbonyl (C=O) groups is 1. The maximum Gasteiger partial charge on any atom is 0.310 e. The summed E-state index contributed by atoms with van der Waals surface area (Å²) >= 11 is 0. The highest BCUT2D eigenvalue weighted by Crippen LogP contribution is 2.48. The number of likely N-dealkylation sites (N-methyl/N-ethyl adjacent to an activating group) is 1. The zero-order chi connectivity index (χ0) is 19.0. The number of piperidine rings is 1. The van der Waals surface area contributed by atoms with E-state index in [1.54, 1.807) is 7.11 Å². The monoisotopic (exact) mass is 369 g/mol. The number of benzene rings is 2. The molecule has 2 aromatic rings. The summed E-state index contributed by atoms with van der Waals surface area (Å²) in [5.74, 6) is -0.275. The second-order valence-corrected chi connectivity index (χ2v) is 7.65. The van der Waals surface area contributed by atoms with Crippen molar-refractivity contribution in [1.82, 2.24) is 4.90 Å². The van der Waals surface area contributed by atoms with Gasteiger partial charge in [-0.25, -0.2) is 0 Å². The Morgan fingerprint density at radius 1 is 1.11 bits per heavy atom. The van der Waals surface area contributed by atoms with Crippen LogP contribution in [0.3, 0.4) is 0 Å². The van der Waals surface area contributed by atoms with E-state index in [4.69, 9.17) is 14.2 Å². The molecule has 0 saturated carbocycles. The average Bonchev–Trinajstić information content (AvgIpc) is 2.89. The number of rotatable bonds is 5. The van der Waals surface area contributed by atoms with Gasteiger partial charge in [0, 0.05) is 25.1 Å². The third-order valence-electron chi connectivity index (χ3n) is 6.33. The second-order valence-electron chi connectivity index (χ2n) is 7.65. The van der Waals surface area contributed by atoms with Crippen molar-refractivity contribution in [3.05, 3.63) is 48.0 Å². The Labute approximate surface area is 160 Å². The Morgan fingerprint density at radius 3 is 2.63 bits per heavy atom. The summed E-state index contributed by atoms with van der Waals surface area (Å²) in [6, 6.07) is 15.3.